The van der Waals surface area contributed by atoms with Crippen LogP contribution in [0.2, 0.25) is 0 Å². The monoisotopic (exact) mass is 273 g/mol. The van der Waals surface area contributed by atoms with Crippen molar-refractivity contribution in [1.82, 2.24) is 4.90 Å². The number of nitrogens with zero attached hydrogens (tertiary/aromatic N) is 1. The Hall–Kier alpha value is -1.69. The van der Waals surface area contributed by atoms with Crippen molar-refractivity contribution >= 4 is 5.97 Å². The molecule has 0 aromatic heterocycles. The minimum atomic E-state index is -2.89. The molecule has 0 atom stereocenters. The van der Waals surface area contributed by atoms with Gasteiger partial charge in [-0.15, -0.1) is 0 Å². The summed E-state index contributed by atoms with van der Waals surface area (Å²) in [5.74, 6) is -0.857. The quantitative estimate of drug-likeness (QED) is 0.791. The van der Waals surface area contributed by atoms with E-state index in [-0.39, 0.29) is 18.8 Å². The summed E-state index contributed by atoms with van der Waals surface area (Å²) in [5, 5.41) is 8.81. The summed E-state index contributed by atoms with van der Waals surface area (Å²) >= 11 is 0. The maximum absolute atomic E-state index is 12.3. The fourth-order valence-corrected chi connectivity index (χ4v) is 1.81. The molecule has 0 aliphatic rings. The molecule has 106 valence electrons. The number of ether oxygens (including phenoxy) is 1. The van der Waals surface area contributed by atoms with Crippen molar-refractivity contribution in [2.75, 3.05) is 13.1 Å². The highest BCUT2D eigenvalue weighted by atomic mass is 19.3. The average molecular weight is 273 g/mol. The van der Waals surface area contributed by atoms with Crippen LogP contribution in [0.25, 0.3) is 0 Å². The summed E-state index contributed by atoms with van der Waals surface area (Å²) in [4.78, 5) is 12.4. The van der Waals surface area contributed by atoms with Gasteiger partial charge in [0.15, 0.2) is 0 Å². The van der Waals surface area contributed by atoms with Crippen molar-refractivity contribution in [2.45, 2.75) is 26.5 Å². The molecule has 0 unspecified atom stereocenters. The molecule has 1 aromatic rings. The lowest BCUT2D eigenvalue weighted by Gasteiger charge is -2.21. The number of halogens is 2. The van der Waals surface area contributed by atoms with Gasteiger partial charge in [-0.25, -0.2) is 0 Å². The first-order chi connectivity index (χ1) is 9.02. The predicted octanol–water partition coefficient (Wildman–Crippen LogP) is 2.58. The third-order valence-corrected chi connectivity index (χ3v) is 2.48. The molecule has 1 N–H and O–H groups in total. The standard InChI is InChI=1S/C13H17F2NO3/c1-2-7-16(9-12(17)18)8-10-5-3-4-6-11(10)19-13(14)15/h3-6,13H,2,7-9H2,1H3,(H,17,18). The van der Waals surface area contributed by atoms with Crippen LogP contribution in [0, 0.1) is 0 Å². The van der Waals surface area contributed by atoms with Crippen LogP contribution in [0.15, 0.2) is 24.3 Å². The largest absolute Gasteiger partial charge is 0.480 e. The molecule has 1 aromatic carbocycles. The molecule has 1 rings (SSSR count). The molecule has 0 bridgehead atoms. The number of para-hydroxylation sites is 1. The second kappa shape index (κ2) is 7.68. The molecule has 0 aliphatic heterocycles. The Kier molecular flexibility index (Phi) is 6.21. The number of carboxylic acids is 1. The first-order valence-corrected chi connectivity index (χ1v) is 5.99. The Balaban J connectivity index is 2.79. The molecule has 0 radical (unpaired) electrons. The van der Waals surface area contributed by atoms with Crippen molar-refractivity contribution in [1.29, 1.82) is 0 Å². The summed E-state index contributed by atoms with van der Waals surface area (Å²) < 4.78 is 29.0. The van der Waals surface area contributed by atoms with Crippen LogP contribution in [-0.4, -0.2) is 35.7 Å². The summed E-state index contributed by atoms with van der Waals surface area (Å²) in [6.45, 7) is -0.244. The number of hydrogen-bond donors (Lipinski definition) is 1. The van der Waals surface area contributed by atoms with E-state index >= 15 is 0 Å². The molecular weight excluding hydrogens is 256 g/mol. The fourth-order valence-electron chi connectivity index (χ4n) is 1.81. The number of alkyl halides is 2. The van der Waals surface area contributed by atoms with Gasteiger partial charge in [-0.1, -0.05) is 25.1 Å². The third kappa shape index (κ3) is 5.65. The van der Waals surface area contributed by atoms with E-state index in [0.717, 1.165) is 6.42 Å². The van der Waals surface area contributed by atoms with E-state index in [0.29, 0.717) is 12.1 Å². The zero-order chi connectivity index (χ0) is 14.3. The number of hydrogen-bond acceptors (Lipinski definition) is 3. The normalized spacial score (nSPS) is 11.0. The molecule has 0 saturated heterocycles. The van der Waals surface area contributed by atoms with E-state index in [1.54, 1.807) is 23.1 Å². The fraction of sp³-hybridized carbons (Fsp3) is 0.462. The van der Waals surface area contributed by atoms with Crippen LogP contribution in [0.1, 0.15) is 18.9 Å². The van der Waals surface area contributed by atoms with Crippen LogP contribution in [0.4, 0.5) is 8.78 Å². The highest BCUT2D eigenvalue weighted by Crippen LogP contribution is 2.21. The lowest BCUT2D eigenvalue weighted by Crippen LogP contribution is -2.30. The van der Waals surface area contributed by atoms with Crippen molar-refractivity contribution in [3.63, 3.8) is 0 Å². The van der Waals surface area contributed by atoms with Gasteiger partial charge in [0.05, 0.1) is 6.54 Å². The van der Waals surface area contributed by atoms with Gasteiger partial charge < -0.3 is 9.84 Å². The summed E-state index contributed by atoms with van der Waals surface area (Å²) in [6, 6.07) is 6.41. The zero-order valence-electron chi connectivity index (χ0n) is 10.7. The first kappa shape index (κ1) is 15.4. The molecule has 6 heteroatoms. The van der Waals surface area contributed by atoms with E-state index in [9.17, 15) is 13.6 Å². The van der Waals surface area contributed by atoms with Crippen molar-refractivity contribution in [3.8, 4) is 5.75 Å². The van der Waals surface area contributed by atoms with Crippen LogP contribution in [0.5, 0.6) is 5.75 Å². The lowest BCUT2D eigenvalue weighted by molar-refractivity contribution is -0.138. The van der Waals surface area contributed by atoms with Gasteiger partial charge in [0.25, 0.3) is 0 Å². The van der Waals surface area contributed by atoms with Gasteiger partial charge >= 0.3 is 12.6 Å². The van der Waals surface area contributed by atoms with E-state index in [1.165, 1.54) is 6.07 Å². The van der Waals surface area contributed by atoms with Gasteiger partial charge in [-0.3, -0.25) is 9.69 Å². The van der Waals surface area contributed by atoms with E-state index in [2.05, 4.69) is 4.74 Å². The van der Waals surface area contributed by atoms with Crippen molar-refractivity contribution < 1.29 is 23.4 Å². The van der Waals surface area contributed by atoms with E-state index in [1.807, 2.05) is 6.92 Å². The van der Waals surface area contributed by atoms with Gasteiger partial charge in [-0.2, -0.15) is 8.78 Å². The SMILES string of the molecule is CCCN(CC(=O)O)Cc1ccccc1OC(F)F. The second-order valence-corrected chi connectivity index (χ2v) is 4.09. The Bertz CT molecular complexity index is 413. The molecule has 0 saturated carbocycles. The lowest BCUT2D eigenvalue weighted by atomic mass is 10.2. The number of aliphatic carboxylic acids is 1. The molecular formula is C13H17F2NO3. The van der Waals surface area contributed by atoms with Gasteiger partial charge in [0.2, 0.25) is 0 Å². The molecule has 4 nitrogen and oxygen atoms in total. The van der Waals surface area contributed by atoms with Crippen LogP contribution in [-0.2, 0) is 11.3 Å². The molecule has 0 aliphatic carbocycles. The molecule has 0 heterocycles. The number of benzene rings is 1. The van der Waals surface area contributed by atoms with E-state index < -0.39 is 12.6 Å². The molecule has 0 amide bonds. The predicted molar refractivity (Wildman–Crippen MR) is 66.3 cm³/mol. The van der Waals surface area contributed by atoms with Gasteiger partial charge in [0, 0.05) is 12.1 Å². The summed E-state index contributed by atoms with van der Waals surface area (Å²) in [7, 11) is 0. The van der Waals surface area contributed by atoms with Crippen LogP contribution >= 0.6 is 0 Å². The van der Waals surface area contributed by atoms with Crippen LogP contribution in [0.3, 0.4) is 0 Å². The highest BCUT2D eigenvalue weighted by molar-refractivity contribution is 5.69. The Labute approximate surface area is 110 Å². The Morgan fingerprint density at radius 2 is 2.11 bits per heavy atom. The topological polar surface area (TPSA) is 49.8 Å². The molecule has 19 heavy (non-hydrogen) atoms. The summed E-state index contributed by atoms with van der Waals surface area (Å²) in [5.41, 5.74) is 0.553. The Morgan fingerprint density at radius 3 is 2.68 bits per heavy atom. The average Bonchev–Trinajstić information content (AvgIpc) is 2.30. The summed E-state index contributed by atoms with van der Waals surface area (Å²) in [6.07, 6.45) is 0.783. The van der Waals surface area contributed by atoms with Crippen molar-refractivity contribution in [3.05, 3.63) is 29.8 Å². The van der Waals surface area contributed by atoms with Gasteiger partial charge in [-0.05, 0) is 19.0 Å². The van der Waals surface area contributed by atoms with Crippen molar-refractivity contribution in [2.24, 2.45) is 0 Å². The minimum absolute atomic E-state index is 0.0870. The number of carbonyl (C=O) groups is 1. The minimum Gasteiger partial charge on any atom is -0.480 e. The Morgan fingerprint density at radius 1 is 1.42 bits per heavy atom. The maximum Gasteiger partial charge on any atom is 0.387 e. The molecule has 0 fully saturated rings. The number of rotatable bonds is 8. The van der Waals surface area contributed by atoms with E-state index in [4.69, 9.17) is 5.11 Å². The number of carboxylic acid groups (broad SMARTS) is 1. The second-order valence-electron chi connectivity index (χ2n) is 4.09. The van der Waals surface area contributed by atoms with Crippen LogP contribution < -0.4 is 4.74 Å². The van der Waals surface area contributed by atoms with Gasteiger partial charge in [0.1, 0.15) is 5.75 Å². The highest BCUT2D eigenvalue weighted by Gasteiger charge is 2.14. The first-order valence-electron chi connectivity index (χ1n) is 5.99. The zero-order valence-corrected chi connectivity index (χ0v) is 10.7. The molecule has 0 spiro atoms. The smallest absolute Gasteiger partial charge is 0.387 e. The maximum atomic E-state index is 12.3. The third-order valence-electron chi connectivity index (χ3n) is 2.48.